The first-order valence-electron chi connectivity index (χ1n) is 6.75. The van der Waals surface area contributed by atoms with Crippen molar-refractivity contribution in [2.24, 2.45) is 0 Å². The van der Waals surface area contributed by atoms with Gasteiger partial charge in [-0.15, -0.1) is 0 Å². The van der Waals surface area contributed by atoms with Gasteiger partial charge in [-0.05, 0) is 19.9 Å². The summed E-state index contributed by atoms with van der Waals surface area (Å²) >= 11 is 0. The van der Waals surface area contributed by atoms with Crippen LogP contribution in [0.15, 0.2) is 18.2 Å². The first kappa shape index (κ1) is 12.4. The zero-order valence-electron chi connectivity index (χ0n) is 11.3. The molecule has 0 aromatic heterocycles. The van der Waals surface area contributed by atoms with Crippen LogP contribution < -0.4 is 10.2 Å². The molecule has 0 aliphatic carbocycles. The van der Waals surface area contributed by atoms with Crippen molar-refractivity contribution in [3.8, 4) is 0 Å². The number of nitrogens with zero attached hydrogens (tertiary/aromatic N) is 1. The first-order chi connectivity index (χ1) is 9.22. The SMILES string of the molecule is CCN(CC)c1cccc2c1C(=N)NC21OCCO1. The molecule has 3 rings (SSSR count). The molecule has 1 aromatic rings. The highest BCUT2D eigenvalue weighted by atomic mass is 16.8. The van der Waals surface area contributed by atoms with Gasteiger partial charge < -0.3 is 19.7 Å². The quantitative estimate of drug-likeness (QED) is 0.868. The van der Waals surface area contributed by atoms with E-state index in [0.717, 1.165) is 29.9 Å². The second-order valence-corrected chi connectivity index (χ2v) is 4.69. The standard InChI is InChI=1S/C14H19N3O2/c1-3-17(4-2)11-7-5-6-10-12(11)13(15)16-14(10)18-8-9-19-14/h5-7H,3-4,8-9H2,1-2H3,(H2,15,16). The Morgan fingerprint density at radius 1 is 1.26 bits per heavy atom. The van der Waals surface area contributed by atoms with Crippen LogP contribution in [-0.4, -0.2) is 32.1 Å². The van der Waals surface area contributed by atoms with Gasteiger partial charge in [-0.25, -0.2) is 0 Å². The summed E-state index contributed by atoms with van der Waals surface area (Å²) in [6.07, 6.45) is 0. The fourth-order valence-electron chi connectivity index (χ4n) is 2.84. The van der Waals surface area contributed by atoms with Gasteiger partial charge >= 0.3 is 0 Å². The zero-order chi connectivity index (χ0) is 13.5. The van der Waals surface area contributed by atoms with Crippen molar-refractivity contribution < 1.29 is 9.47 Å². The van der Waals surface area contributed by atoms with E-state index in [2.05, 4.69) is 30.1 Å². The summed E-state index contributed by atoms with van der Waals surface area (Å²) < 4.78 is 11.4. The van der Waals surface area contributed by atoms with Gasteiger partial charge in [0.05, 0.1) is 18.8 Å². The molecule has 5 nitrogen and oxygen atoms in total. The molecule has 5 heteroatoms. The molecule has 2 aliphatic rings. The molecule has 19 heavy (non-hydrogen) atoms. The van der Waals surface area contributed by atoms with Crippen LogP contribution in [0.2, 0.25) is 0 Å². The van der Waals surface area contributed by atoms with Gasteiger partial charge in [-0.3, -0.25) is 5.41 Å². The molecule has 2 heterocycles. The Morgan fingerprint density at radius 2 is 1.95 bits per heavy atom. The van der Waals surface area contributed by atoms with Gasteiger partial charge in [0, 0.05) is 24.3 Å². The van der Waals surface area contributed by atoms with Gasteiger partial charge in [0.2, 0.25) is 0 Å². The molecule has 2 aliphatic heterocycles. The van der Waals surface area contributed by atoms with Crippen LogP contribution >= 0.6 is 0 Å². The van der Waals surface area contributed by atoms with Gasteiger partial charge in [0.25, 0.3) is 5.91 Å². The molecule has 0 radical (unpaired) electrons. The van der Waals surface area contributed by atoms with Crippen molar-refractivity contribution in [1.29, 1.82) is 5.41 Å². The van der Waals surface area contributed by atoms with Crippen LogP contribution in [-0.2, 0) is 15.4 Å². The van der Waals surface area contributed by atoms with E-state index >= 15 is 0 Å². The van der Waals surface area contributed by atoms with Crippen LogP contribution in [0.5, 0.6) is 0 Å². The minimum Gasteiger partial charge on any atom is -0.371 e. The number of benzene rings is 1. The number of fused-ring (bicyclic) bond motifs is 2. The van der Waals surface area contributed by atoms with E-state index in [9.17, 15) is 0 Å². The summed E-state index contributed by atoms with van der Waals surface area (Å²) in [5.74, 6) is -0.560. The van der Waals surface area contributed by atoms with Crippen LogP contribution in [0, 0.1) is 5.41 Å². The van der Waals surface area contributed by atoms with E-state index in [-0.39, 0.29) is 0 Å². The van der Waals surface area contributed by atoms with Gasteiger partial charge in [-0.1, -0.05) is 12.1 Å². The van der Waals surface area contributed by atoms with Crippen LogP contribution in [0.3, 0.4) is 0 Å². The summed E-state index contributed by atoms with van der Waals surface area (Å²) in [6.45, 7) is 7.16. The fraction of sp³-hybridized carbons (Fsp3) is 0.500. The Labute approximate surface area is 113 Å². The Morgan fingerprint density at radius 3 is 2.58 bits per heavy atom. The monoisotopic (exact) mass is 261 g/mol. The molecule has 1 spiro atoms. The highest BCUT2D eigenvalue weighted by Gasteiger charge is 2.47. The minimum absolute atomic E-state index is 0.374. The predicted octanol–water partition coefficient (Wildman–Crippen LogP) is 1.62. The van der Waals surface area contributed by atoms with E-state index < -0.39 is 5.91 Å². The first-order valence-corrected chi connectivity index (χ1v) is 6.75. The molecular formula is C14H19N3O2. The van der Waals surface area contributed by atoms with E-state index in [4.69, 9.17) is 14.9 Å². The third-order valence-electron chi connectivity index (χ3n) is 3.73. The molecule has 0 atom stereocenters. The van der Waals surface area contributed by atoms with Gasteiger partial charge in [0.15, 0.2) is 0 Å². The number of nitrogens with one attached hydrogen (secondary N) is 2. The molecule has 2 N–H and O–H groups in total. The number of anilines is 1. The Hall–Kier alpha value is -1.59. The predicted molar refractivity (Wildman–Crippen MR) is 73.5 cm³/mol. The van der Waals surface area contributed by atoms with Crippen molar-refractivity contribution in [3.05, 3.63) is 29.3 Å². The summed E-state index contributed by atoms with van der Waals surface area (Å²) in [4.78, 5) is 2.24. The lowest BCUT2D eigenvalue weighted by atomic mass is 10.0. The van der Waals surface area contributed by atoms with Crippen molar-refractivity contribution in [3.63, 3.8) is 0 Å². The summed E-state index contributed by atoms with van der Waals surface area (Å²) in [5.41, 5.74) is 2.88. The molecule has 0 bridgehead atoms. The third-order valence-corrected chi connectivity index (χ3v) is 3.73. The highest BCUT2D eigenvalue weighted by Crippen LogP contribution is 2.40. The number of ether oxygens (including phenoxy) is 2. The maximum atomic E-state index is 8.21. The minimum atomic E-state index is -0.935. The largest absolute Gasteiger partial charge is 0.371 e. The molecule has 0 saturated carbocycles. The third kappa shape index (κ3) is 1.73. The number of hydrogen-bond donors (Lipinski definition) is 2. The second kappa shape index (κ2) is 4.51. The van der Waals surface area contributed by atoms with Crippen LogP contribution in [0.4, 0.5) is 5.69 Å². The maximum Gasteiger partial charge on any atom is 0.279 e. The number of amidine groups is 1. The summed E-state index contributed by atoms with van der Waals surface area (Å²) in [5, 5.41) is 11.3. The molecular weight excluding hydrogens is 242 g/mol. The second-order valence-electron chi connectivity index (χ2n) is 4.69. The van der Waals surface area contributed by atoms with Crippen LogP contribution in [0.1, 0.15) is 25.0 Å². The Bertz CT molecular complexity index is 505. The van der Waals surface area contributed by atoms with Crippen molar-refractivity contribution in [2.75, 3.05) is 31.2 Å². The lowest BCUT2D eigenvalue weighted by Crippen LogP contribution is -2.40. The van der Waals surface area contributed by atoms with Crippen molar-refractivity contribution in [2.45, 2.75) is 19.8 Å². The molecule has 0 unspecified atom stereocenters. The molecule has 1 saturated heterocycles. The van der Waals surface area contributed by atoms with Crippen molar-refractivity contribution in [1.82, 2.24) is 5.32 Å². The maximum absolute atomic E-state index is 8.21. The van der Waals surface area contributed by atoms with Gasteiger partial charge in [0.1, 0.15) is 5.84 Å². The number of hydrogen-bond acceptors (Lipinski definition) is 4. The van der Waals surface area contributed by atoms with Crippen molar-refractivity contribution >= 4 is 11.5 Å². The van der Waals surface area contributed by atoms with E-state index in [0.29, 0.717) is 19.0 Å². The lowest BCUT2D eigenvalue weighted by molar-refractivity contribution is -0.173. The zero-order valence-corrected chi connectivity index (χ0v) is 11.3. The summed E-state index contributed by atoms with van der Waals surface area (Å²) in [7, 11) is 0. The molecule has 102 valence electrons. The average Bonchev–Trinajstić information content (AvgIpc) is 2.99. The van der Waals surface area contributed by atoms with E-state index in [1.54, 1.807) is 0 Å². The Kier molecular flexibility index (Phi) is 2.95. The molecule has 1 aromatic carbocycles. The fourth-order valence-corrected chi connectivity index (χ4v) is 2.84. The van der Waals surface area contributed by atoms with E-state index in [1.165, 1.54) is 0 Å². The topological polar surface area (TPSA) is 57.6 Å². The number of rotatable bonds is 3. The Balaban J connectivity index is 2.12. The van der Waals surface area contributed by atoms with Gasteiger partial charge in [-0.2, -0.15) is 0 Å². The highest BCUT2D eigenvalue weighted by molar-refractivity contribution is 6.06. The lowest BCUT2D eigenvalue weighted by Gasteiger charge is -2.25. The summed E-state index contributed by atoms with van der Waals surface area (Å²) in [6, 6.07) is 6.03. The normalized spacial score (nSPS) is 19.6. The van der Waals surface area contributed by atoms with E-state index in [1.807, 2.05) is 12.1 Å². The molecule has 0 amide bonds. The average molecular weight is 261 g/mol. The molecule has 1 fully saturated rings. The van der Waals surface area contributed by atoms with Crippen LogP contribution in [0.25, 0.3) is 0 Å². The smallest absolute Gasteiger partial charge is 0.279 e.